The van der Waals surface area contributed by atoms with E-state index in [0.717, 1.165) is 0 Å². The Morgan fingerprint density at radius 3 is 2.62 bits per heavy atom. The molecule has 0 spiro atoms. The van der Waals surface area contributed by atoms with Crippen LogP contribution < -0.4 is 10.6 Å². The molecule has 0 aliphatic heterocycles. The van der Waals surface area contributed by atoms with Crippen molar-refractivity contribution >= 4 is 39.0 Å². The lowest BCUT2D eigenvalue weighted by Gasteiger charge is -2.05. The van der Waals surface area contributed by atoms with Gasteiger partial charge in [-0.05, 0) is 40.2 Å². The number of rotatable bonds is 4. The Morgan fingerprint density at radius 1 is 1.29 bits per heavy atom. The molecule has 0 bridgehead atoms. The van der Waals surface area contributed by atoms with E-state index in [0.29, 0.717) is 16.0 Å². The van der Waals surface area contributed by atoms with Crippen LogP contribution in [0.3, 0.4) is 0 Å². The zero-order valence-corrected chi connectivity index (χ0v) is 12.4. The predicted octanol–water partition coefficient (Wildman–Crippen LogP) is 2.44. The summed E-state index contributed by atoms with van der Waals surface area (Å²) in [5.74, 6) is 0.0348. The van der Waals surface area contributed by atoms with Crippen LogP contribution in [0.4, 0.5) is 17.2 Å². The molecule has 0 aliphatic carbocycles. The molecule has 2 rings (SSSR count). The molecule has 1 aromatic heterocycles. The summed E-state index contributed by atoms with van der Waals surface area (Å²) in [7, 11) is 1.69. The number of aromatic nitrogens is 2. The highest BCUT2D eigenvalue weighted by molar-refractivity contribution is 9.10. The Hall–Kier alpha value is -2.55. The highest BCUT2D eigenvalue weighted by Gasteiger charge is 2.14. The Labute approximate surface area is 127 Å². The monoisotopic (exact) mass is 351 g/mol. The lowest BCUT2D eigenvalue weighted by Crippen LogP contribution is -2.14. The number of hydrogen-bond donors (Lipinski definition) is 2. The molecule has 0 saturated heterocycles. The SMILES string of the molecule is CNc1ccc(C(=O)Nc2ccc(Br)c([N+](=O)[O-])c2)nn1. The molecule has 0 radical (unpaired) electrons. The molecule has 21 heavy (non-hydrogen) atoms. The molecule has 0 fully saturated rings. The summed E-state index contributed by atoms with van der Waals surface area (Å²) >= 11 is 3.07. The Kier molecular flexibility index (Phi) is 4.43. The van der Waals surface area contributed by atoms with E-state index < -0.39 is 10.8 Å². The minimum absolute atomic E-state index is 0.111. The fourth-order valence-electron chi connectivity index (χ4n) is 1.51. The van der Waals surface area contributed by atoms with Crippen LogP contribution >= 0.6 is 15.9 Å². The quantitative estimate of drug-likeness (QED) is 0.646. The van der Waals surface area contributed by atoms with Crippen LogP contribution in [0.5, 0.6) is 0 Å². The molecule has 2 aromatic rings. The normalized spacial score (nSPS) is 10.0. The maximum absolute atomic E-state index is 12.0. The van der Waals surface area contributed by atoms with Crippen molar-refractivity contribution in [3.05, 3.63) is 50.6 Å². The maximum atomic E-state index is 12.0. The molecule has 0 saturated carbocycles. The van der Waals surface area contributed by atoms with Gasteiger partial charge in [0, 0.05) is 18.8 Å². The zero-order valence-electron chi connectivity index (χ0n) is 10.8. The molecule has 2 N–H and O–H groups in total. The van der Waals surface area contributed by atoms with Gasteiger partial charge in [-0.3, -0.25) is 14.9 Å². The molecule has 1 heterocycles. The number of nitrogens with zero attached hydrogens (tertiary/aromatic N) is 3. The van der Waals surface area contributed by atoms with Crippen LogP contribution in [0.2, 0.25) is 0 Å². The first-order valence-corrected chi connectivity index (χ1v) is 6.57. The smallest absolute Gasteiger partial charge is 0.285 e. The van der Waals surface area contributed by atoms with Crippen LogP contribution in [0.1, 0.15) is 10.5 Å². The van der Waals surface area contributed by atoms with E-state index in [9.17, 15) is 14.9 Å². The molecule has 1 aromatic carbocycles. The number of amides is 1. The van der Waals surface area contributed by atoms with Crippen LogP contribution in [-0.2, 0) is 0 Å². The second-order valence-electron chi connectivity index (χ2n) is 3.93. The number of benzene rings is 1. The van der Waals surface area contributed by atoms with Crippen LogP contribution in [0.15, 0.2) is 34.8 Å². The number of nitro benzene ring substituents is 1. The van der Waals surface area contributed by atoms with Gasteiger partial charge in [0.2, 0.25) is 0 Å². The number of carbonyl (C=O) groups is 1. The molecule has 0 unspecified atom stereocenters. The van der Waals surface area contributed by atoms with Crippen molar-refractivity contribution in [3.63, 3.8) is 0 Å². The number of nitrogens with one attached hydrogen (secondary N) is 2. The summed E-state index contributed by atoms with van der Waals surface area (Å²) in [6.45, 7) is 0. The van der Waals surface area contributed by atoms with Gasteiger partial charge < -0.3 is 10.6 Å². The fraction of sp³-hybridized carbons (Fsp3) is 0.0833. The number of carbonyl (C=O) groups excluding carboxylic acids is 1. The van der Waals surface area contributed by atoms with E-state index in [2.05, 4.69) is 36.8 Å². The lowest BCUT2D eigenvalue weighted by atomic mass is 10.2. The van der Waals surface area contributed by atoms with Gasteiger partial charge in [-0.15, -0.1) is 10.2 Å². The number of anilines is 2. The minimum atomic E-state index is -0.540. The maximum Gasteiger partial charge on any atom is 0.285 e. The predicted molar refractivity (Wildman–Crippen MR) is 80.3 cm³/mol. The van der Waals surface area contributed by atoms with Gasteiger partial charge in [0.05, 0.1) is 9.40 Å². The van der Waals surface area contributed by atoms with Gasteiger partial charge in [-0.1, -0.05) is 0 Å². The molecule has 8 nitrogen and oxygen atoms in total. The fourth-order valence-corrected chi connectivity index (χ4v) is 1.90. The van der Waals surface area contributed by atoms with Crippen LogP contribution in [0.25, 0.3) is 0 Å². The third kappa shape index (κ3) is 3.51. The first kappa shape index (κ1) is 14.9. The van der Waals surface area contributed by atoms with Crippen molar-refractivity contribution in [1.82, 2.24) is 10.2 Å². The molecule has 108 valence electrons. The number of halogens is 1. The summed E-state index contributed by atoms with van der Waals surface area (Å²) in [6.07, 6.45) is 0. The van der Waals surface area contributed by atoms with Crippen molar-refractivity contribution in [3.8, 4) is 0 Å². The third-order valence-corrected chi connectivity index (χ3v) is 3.22. The third-order valence-electron chi connectivity index (χ3n) is 2.55. The molecular formula is C12H10BrN5O3. The minimum Gasteiger partial charge on any atom is -0.372 e. The van der Waals surface area contributed by atoms with Crippen molar-refractivity contribution < 1.29 is 9.72 Å². The van der Waals surface area contributed by atoms with Gasteiger partial charge in [0.15, 0.2) is 5.69 Å². The standard InChI is InChI=1S/C12H10BrN5O3/c1-14-11-5-4-9(16-17-11)12(19)15-7-2-3-8(13)10(6-7)18(20)21/h2-6H,1H3,(H,14,17)(H,15,19). The van der Waals surface area contributed by atoms with E-state index in [-0.39, 0.29) is 11.4 Å². The van der Waals surface area contributed by atoms with Gasteiger partial charge >= 0.3 is 0 Å². The van der Waals surface area contributed by atoms with E-state index in [1.54, 1.807) is 19.2 Å². The summed E-state index contributed by atoms with van der Waals surface area (Å²) in [6, 6.07) is 7.40. The van der Waals surface area contributed by atoms with Crippen molar-refractivity contribution in [2.24, 2.45) is 0 Å². The van der Waals surface area contributed by atoms with Crippen LogP contribution in [0, 0.1) is 10.1 Å². The summed E-state index contributed by atoms with van der Waals surface area (Å²) in [5, 5.41) is 23.7. The Bertz CT molecular complexity index is 690. The Balaban J connectivity index is 2.19. The summed E-state index contributed by atoms with van der Waals surface area (Å²) in [5.41, 5.74) is 0.276. The molecule has 0 atom stereocenters. The first-order valence-electron chi connectivity index (χ1n) is 5.78. The van der Waals surface area contributed by atoms with Gasteiger partial charge in [-0.2, -0.15) is 0 Å². The van der Waals surface area contributed by atoms with Crippen LogP contribution in [-0.4, -0.2) is 28.1 Å². The van der Waals surface area contributed by atoms with Gasteiger partial charge in [0.1, 0.15) is 5.82 Å². The summed E-state index contributed by atoms with van der Waals surface area (Å²) in [4.78, 5) is 22.3. The van der Waals surface area contributed by atoms with Gasteiger partial charge in [0.25, 0.3) is 11.6 Å². The van der Waals surface area contributed by atoms with E-state index in [1.807, 2.05) is 0 Å². The van der Waals surface area contributed by atoms with E-state index >= 15 is 0 Å². The van der Waals surface area contributed by atoms with E-state index in [4.69, 9.17) is 0 Å². The van der Waals surface area contributed by atoms with E-state index in [1.165, 1.54) is 18.2 Å². The number of nitro groups is 1. The second kappa shape index (κ2) is 6.27. The lowest BCUT2D eigenvalue weighted by molar-refractivity contribution is -0.385. The Morgan fingerprint density at radius 2 is 2.05 bits per heavy atom. The highest BCUT2D eigenvalue weighted by atomic mass is 79.9. The second-order valence-corrected chi connectivity index (χ2v) is 4.79. The largest absolute Gasteiger partial charge is 0.372 e. The van der Waals surface area contributed by atoms with Crippen molar-refractivity contribution in [1.29, 1.82) is 0 Å². The molecule has 1 amide bonds. The van der Waals surface area contributed by atoms with Gasteiger partial charge in [-0.25, -0.2) is 0 Å². The molecule has 9 heteroatoms. The average Bonchev–Trinajstić information content (AvgIpc) is 2.49. The van der Waals surface area contributed by atoms with Crippen molar-refractivity contribution in [2.45, 2.75) is 0 Å². The number of hydrogen-bond acceptors (Lipinski definition) is 6. The highest BCUT2D eigenvalue weighted by Crippen LogP contribution is 2.27. The first-order chi connectivity index (χ1) is 10.0. The average molecular weight is 352 g/mol. The zero-order chi connectivity index (χ0) is 15.4. The topological polar surface area (TPSA) is 110 Å². The van der Waals surface area contributed by atoms with Crippen molar-refractivity contribution in [2.75, 3.05) is 17.7 Å². The molecular weight excluding hydrogens is 342 g/mol. The molecule has 0 aliphatic rings. The summed E-state index contributed by atoms with van der Waals surface area (Å²) < 4.78 is 0.337.